The highest BCUT2D eigenvalue weighted by Gasteiger charge is 2.24. The van der Waals surface area contributed by atoms with Gasteiger partial charge >= 0.3 is 5.97 Å². The molecule has 0 unspecified atom stereocenters. The summed E-state index contributed by atoms with van der Waals surface area (Å²) in [6.07, 6.45) is 6.98. The molecule has 0 atom stereocenters. The van der Waals surface area contributed by atoms with Crippen LogP contribution in [0.2, 0.25) is 0 Å². The molecule has 6 heteroatoms. The fourth-order valence-electron chi connectivity index (χ4n) is 2.54. The highest BCUT2D eigenvalue weighted by Crippen LogP contribution is 2.32. The van der Waals surface area contributed by atoms with E-state index in [0.29, 0.717) is 18.2 Å². The SMILES string of the molecule is CCOC(=O)c1c(C)nsc1NC1CCC(SC)CC1. The highest BCUT2D eigenvalue weighted by atomic mass is 32.2. The first kappa shape index (κ1) is 15.6. The van der Waals surface area contributed by atoms with Gasteiger partial charge in [-0.05, 0) is 57.3 Å². The molecule has 1 aromatic rings. The summed E-state index contributed by atoms with van der Waals surface area (Å²) in [4.78, 5) is 12.0. The molecule has 4 nitrogen and oxygen atoms in total. The quantitative estimate of drug-likeness (QED) is 0.840. The average molecular weight is 314 g/mol. The lowest BCUT2D eigenvalue weighted by molar-refractivity contribution is 0.0527. The lowest BCUT2D eigenvalue weighted by Gasteiger charge is -2.28. The Kier molecular flexibility index (Phi) is 5.72. The van der Waals surface area contributed by atoms with Crippen LogP contribution >= 0.6 is 23.3 Å². The van der Waals surface area contributed by atoms with Gasteiger partial charge in [0.15, 0.2) is 0 Å². The lowest BCUT2D eigenvalue weighted by Crippen LogP contribution is -2.27. The number of hydrogen-bond donors (Lipinski definition) is 1. The number of carbonyl (C=O) groups excluding carboxylic acids is 1. The molecule has 0 aromatic carbocycles. The number of aryl methyl sites for hydroxylation is 1. The Bertz CT molecular complexity index is 454. The summed E-state index contributed by atoms with van der Waals surface area (Å²) < 4.78 is 9.41. The van der Waals surface area contributed by atoms with Gasteiger partial charge in [-0.2, -0.15) is 16.1 Å². The number of nitrogens with one attached hydrogen (secondary N) is 1. The fourth-order valence-corrected chi connectivity index (χ4v) is 4.14. The van der Waals surface area contributed by atoms with Crippen LogP contribution in [0.3, 0.4) is 0 Å². The van der Waals surface area contributed by atoms with Gasteiger partial charge in [0.25, 0.3) is 0 Å². The van der Waals surface area contributed by atoms with E-state index in [-0.39, 0.29) is 5.97 Å². The summed E-state index contributed by atoms with van der Waals surface area (Å²) in [5.41, 5.74) is 1.37. The number of ether oxygens (including phenoxy) is 1. The molecule has 0 spiro atoms. The minimum atomic E-state index is -0.265. The molecule has 1 heterocycles. The van der Waals surface area contributed by atoms with Crippen LogP contribution in [0, 0.1) is 6.92 Å². The fraction of sp³-hybridized carbons (Fsp3) is 0.714. The van der Waals surface area contributed by atoms with Crippen LogP contribution in [0.4, 0.5) is 5.00 Å². The number of aromatic nitrogens is 1. The van der Waals surface area contributed by atoms with Gasteiger partial charge < -0.3 is 10.1 Å². The topological polar surface area (TPSA) is 51.2 Å². The minimum Gasteiger partial charge on any atom is -0.462 e. The molecular weight excluding hydrogens is 292 g/mol. The second kappa shape index (κ2) is 7.31. The van der Waals surface area contributed by atoms with E-state index in [4.69, 9.17) is 4.74 Å². The van der Waals surface area contributed by atoms with Crippen molar-refractivity contribution in [1.82, 2.24) is 4.37 Å². The number of anilines is 1. The average Bonchev–Trinajstić information content (AvgIpc) is 2.81. The van der Waals surface area contributed by atoms with Crippen molar-refractivity contribution in [3.05, 3.63) is 11.3 Å². The monoisotopic (exact) mass is 314 g/mol. The van der Waals surface area contributed by atoms with E-state index in [1.54, 1.807) is 0 Å². The smallest absolute Gasteiger partial charge is 0.343 e. The zero-order valence-electron chi connectivity index (χ0n) is 12.3. The Morgan fingerprint density at radius 2 is 2.15 bits per heavy atom. The summed E-state index contributed by atoms with van der Waals surface area (Å²) in [6, 6.07) is 0.450. The van der Waals surface area contributed by atoms with Crippen molar-refractivity contribution in [3.8, 4) is 0 Å². The second-order valence-electron chi connectivity index (χ2n) is 5.05. The maximum absolute atomic E-state index is 12.0. The molecule has 112 valence electrons. The van der Waals surface area contributed by atoms with Crippen LogP contribution in [0.15, 0.2) is 0 Å². The van der Waals surface area contributed by atoms with Crippen LogP contribution in [-0.4, -0.2) is 34.5 Å². The van der Waals surface area contributed by atoms with Crippen LogP contribution in [-0.2, 0) is 4.74 Å². The maximum atomic E-state index is 12.0. The minimum absolute atomic E-state index is 0.265. The van der Waals surface area contributed by atoms with E-state index in [2.05, 4.69) is 15.9 Å². The molecule has 2 rings (SSSR count). The van der Waals surface area contributed by atoms with Crippen LogP contribution in [0.25, 0.3) is 0 Å². The molecule has 1 N–H and O–H groups in total. The van der Waals surface area contributed by atoms with E-state index in [1.165, 1.54) is 24.4 Å². The molecule has 1 aromatic heterocycles. The van der Waals surface area contributed by atoms with Gasteiger partial charge in [-0.15, -0.1) is 0 Å². The summed E-state index contributed by atoms with van der Waals surface area (Å²) in [5, 5.41) is 5.16. The third-order valence-corrected chi connectivity index (χ3v) is 5.69. The molecule has 1 aliphatic rings. The van der Waals surface area contributed by atoms with E-state index < -0.39 is 0 Å². The lowest BCUT2D eigenvalue weighted by atomic mass is 9.95. The molecule has 1 aliphatic carbocycles. The van der Waals surface area contributed by atoms with E-state index >= 15 is 0 Å². The van der Waals surface area contributed by atoms with Crippen LogP contribution < -0.4 is 5.32 Å². The number of thioether (sulfide) groups is 1. The zero-order chi connectivity index (χ0) is 14.5. The van der Waals surface area contributed by atoms with Crippen LogP contribution in [0.1, 0.15) is 48.7 Å². The van der Waals surface area contributed by atoms with E-state index in [1.807, 2.05) is 25.6 Å². The number of hydrogen-bond acceptors (Lipinski definition) is 6. The summed E-state index contributed by atoms with van der Waals surface area (Å²) in [6.45, 7) is 4.08. The molecule has 0 amide bonds. The number of nitrogens with zero attached hydrogens (tertiary/aromatic N) is 1. The van der Waals surface area contributed by atoms with E-state index in [9.17, 15) is 4.79 Å². The number of carbonyl (C=O) groups is 1. The van der Waals surface area contributed by atoms with Crippen LogP contribution in [0.5, 0.6) is 0 Å². The molecule has 0 radical (unpaired) electrons. The van der Waals surface area contributed by atoms with Crippen molar-refractivity contribution in [2.45, 2.75) is 50.8 Å². The van der Waals surface area contributed by atoms with Gasteiger partial charge in [0, 0.05) is 11.3 Å². The molecule has 0 saturated heterocycles. The Morgan fingerprint density at radius 3 is 2.75 bits per heavy atom. The van der Waals surface area contributed by atoms with Crippen molar-refractivity contribution < 1.29 is 9.53 Å². The third-order valence-electron chi connectivity index (χ3n) is 3.69. The van der Waals surface area contributed by atoms with Crippen molar-refractivity contribution in [2.24, 2.45) is 0 Å². The molecule has 1 saturated carbocycles. The first-order valence-electron chi connectivity index (χ1n) is 7.08. The molecule has 1 fully saturated rings. The Balaban J connectivity index is 2.01. The van der Waals surface area contributed by atoms with Gasteiger partial charge in [-0.1, -0.05) is 0 Å². The molecule has 0 aliphatic heterocycles. The van der Waals surface area contributed by atoms with Gasteiger partial charge in [0.1, 0.15) is 10.6 Å². The van der Waals surface area contributed by atoms with Crippen molar-refractivity contribution in [2.75, 3.05) is 18.2 Å². The van der Waals surface area contributed by atoms with Crippen molar-refractivity contribution in [1.29, 1.82) is 0 Å². The van der Waals surface area contributed by atoms with E-state index in [0.717, 1.165) is 28.8 Å². The molecular formula is C14H22N2O2S2. The van der Waals surface area contributed by atoms with Crippen molar-refractivity contribution in [3.63, 3.8) is 0 Å². The van der Waals surface area contributed by atoms with Crippen molar-refractivity contribution >= 4 is 34.3 Å². The number of esters is 1. The summed E-state index contributed by atoms with van der Waals surface area (Å²) in [5.74, 6) is -0.265. The maximum Gasteiger partial charge on any atom is 0.343 e. The third kappa shape index (κ3) is 3.67. The van der Waals surface area contributed by atoms with Gasteiger partial charge in [-0.3, -0.25) is 0 Å². The first-order chi connectivity index (χ1) is 9.65. The zero-order valence-corrected chi connectivity index (χ0v) is 13.9. The Morgan fingerprint density at radius 1 is 1.45 bits per heavy atom. The molecule has 0 bridgehead atoms. The summed E-state index contributed by atoms with van der Waals surface area (Å²) in [7, 11) is 0. The second-order valence-corrected chi connectivity index (χ2v) is 6.96. The Hall–Kier alpha value is -0.750. The Labute approximate surface area is 128 Å². The summed E-state index contributed by atoms with van der Waals surface area (Å²) >= 11 is 3.32. The number of rotatable bonds is 5. The standard InChI is InChI=1S/C14H22N2O2S2/c1-4-18-14(17)12-9(2)16-20-13(12)15-10-5-7-11(19-3)8-6-10/h10-11,15H,4-8H2,1-3H3. The first-order valence-corrected chi connectivity index (χ1v) is 9.14. The normalized spacial score (nSPS) is 22.6. The van der Waals surface area contributed by atoms with Gasteiger partial charge in [0.05, 0.1) is 12.3 Å². The highest BCUT2D eigenvalue weighted by molar-refractivity contribution is 7.99. The predicted molar refractivity (Wildman–Crippen MR) is 86.0 cm³/mol. The molecule has 20 heavy (non-hydrogen) atoms. The van der Waals surface area contributed by atoms with Gasteiger partial charge in [-0.25, -0.2) is 4.79 Å². The predicted octanol–water partition coefficient (Wildman–Crippen LogP) is 3.71. The van der Waals surface area contributed by atoms with Gasteiger partial charge in [0.2, 0.25) is 0 Å². The largest absolute Gasteiger partial charge is 0.462 e.